The molecule has 128 valence electrons. The minimum Gasteiger partial charge on any atom is -0.324 e. The topological polar surface area (TPSA) is 49.4 Å². The molecule has 0 saturated carbocycles. The Morgan fingerprint density at radius 3 is 2.64 bits per heavy atom. The fraction of sp³-hybridized carbons (Fsp3) is 0.333. The summed E-state index contributed by atoms with van der Waals surface area (Å²) in [6.07, 6.45) is 4.39. The Labute approximate surface area is 147 Å². The summed E-state index contributed by atoms with van der Waals surface area (Å²) in [6, 6.07) is 15.8. The molecule has 0 aromatic heterocycles. The molecule has 0 spiro atoms. The molecular weight excluding hydrogens is 312 g/mol. The van der Waals surface area contributed by atoms with E-state index in [1.165, 1.54) is 5.56 Å². The average molecular weight is 334 g/mol. The smallest absolute Gasteiger partial charge is 0.231 e. The maximum absolute atomic E-state index is 13.0. The van der Waals surface area contributed by atoms with E-state index in [0.717, 1.165) is 49.2 Å². The van der Waals surface area contributed by atoms with E-state index in [-0.39, 0.29) is 17.7 Å². The van der Waals surface area contributed by atoms with Gasteiger partial charge in [-0.25, -0.2) is 0 Å². The van der Waals surface area contributed by atoms with Gasteiger partial charge in [0.1, 0.15) is 0 Å². The lowest BCUT2D eigenvalue weighted by molar-refractivity contribution is -0.118. The average Bonchev–Trinajstić information content (AvgIpc) is 3.07. The Balaban J connectivity index is 1.59. The van der Waals surface area contributed by atoms with E-state index in [0.29, 0.717) is 6.42 Å². The molecule has 1 fully saturated rings. The molecule has 2 aromatic rings. The maximum Gasteiger partial charge on any atom is 0.231 e. The van der Waals surface area contributed by atoms with Crippen LogP contribution in [0.25, 0.3) is 0 Å². The van der Waals surface area contributed by atoms with Crippen molar-refractivity contribution in [1.29, 1.82) is 0 Å². The van der Waals surface area contributed by atoms with Gasteiger partial charge in [0.2, 0.25) is 11.8 Å². The zero-order chi connectivity index (χ0) is 17.2. The first-order valence-electron chi connectivity index (χ1n) is 9.02. The van der Waals surface area contributed by atoms with Crippen molar-refractivity contribution in [2.75, 3.05) is 16.8 Å². The van der Waals surface area contributed by atoms with Crippen LogP contribution in [0.1, 0.15) is 42.7 Å². The van der Waals surface area contributed by atoms with Crippen LogP contribution in [0.15, 0.2) is 48.5 Å². The van der Waals surface area contributed by atoms with Gasteiger partial charge in [-0.3, -0.25) is 9.59 Å². The summed E-state index contributed by atoms with van der Waals surface area (Å²) >= 11 is 0. The van der Waals surface area contributed by atoms with Crippen molar-refractivity contribution in [1.82, 2.24) is 0 Å². The standard InChI is InChI=1S/C21H22N2O2/c24-20-13-6-14-23(20)19-12-4-3-11-18(19)22-21(25)17-10-5-8-15-7-1-2-9-16(15)17/h1-4,7,9,11-12,17H,5-6,8,10,13-14H2,(H,22,25). The van der Waals surface area contributed by atoms with Crippen LogP contribution in [0, 0.1) is 0 Å². The predicted molar refractivity (Wildman–Crippen MR) is 98.8 cm³/mol. The van der Waals surface area contributed by atoms with Crippen LogP contribution in [0.5, 0.6) is 0 Å². The Kier molecular flexibility index (Phi) is 4.26. The van der Waals surface area contributed by atoms with Crippen molar-refractivity contribution >= 4 is 23.2 Å². The van der Waals surface area contributed by atoms with Gasteiger partial charge >= 0.3 is 0 Å². The highest BCUT2D eigenvalue weighted by molar-refractivity contribution is 6.03. The number of hydrogen-bond donors (Lipinski definition) is 1. The minimum absolute atomic E-state index is 0.0197. The van der Waals surface area contributed by atoms with Gasteiger partial charge < -0.3 is 10.2 Å². The summed E-state index contributed by atoms with van der Waals surface area (Å²) in [6.45, 7) is 0.720. The molecule has 4 heteroatoms. The summed E-state index contributed by atoms with van der Waals surface area (Å²) in [5.74, 6) is 0.0308. The first kappa shape index (κ1) is 15.9. The second kappa shape index (κ2) is 6.71. The number of aryl methyl sites for hydroxylation is 1. The van der Waals surface area contributed by atoms with E-state index in [4.69, 9.17) is 0 Å². The van der Waals surface area contributed by atoms with Gasteiger partial charge in [-0.1, -0.05) is 36.4 Å². The summed E-state index contributed by atoms with van der Waals surface area (Å²) in [5, 5.41) is 3.09. The molecule has 1 unspecified atom stereocenters. The summed E-state index contributed by atoms with van der Waals surface area (Å²) in [5.41, 5.74) is 3.95. The Hall–Kier alpha value is -2.62. The number of para-hydroxylation sites is 2. The summed E-state index contributed by atoms with van der Waals surface area (Å²) < 4.78 is 0. The maximum atomic E-state index is 13.0. The third kappa shape index (κ3) is 3.04. The van der Waals surface area contributed by atoms with Gasteiger partial charge in [0.05, 0.1) is 17.3 Å². The molecule has 1 heterocycles. The van der Waals surface area contributed by atoms with E-state index >= 15 is 0 Å². The van der Waals surface area contributed by atoms with E-state index < -0.39 is 0 Å². The molecule has 1 N–H and O–H groups in total. The van der Waals surface area contributed by atoms with Crippen LogP contribution in [-0.4, -0.2) is 18.4 Å². The fourth-order valence-electron chi connectivity index (χ4n) is 3.96. The third-order valence-electron chi connectivity index (χ3n) is 5.21. The van der Waals surface area contributed by atoms with Crippen molar-refractivity contribution in [3.05, 3.63) is 59.7 Å². The highest BCUT2D eigenvalue weighted by Crippen LogP contribution is 2.34. The molecule has 2 aromatic carbocycles. The van der Waals surface area contributed by atoms with Crippen LogP contribution in [-0.2, 0) is 16.0 Å². The highest BCUT2D eigenvalue weighted by atomic mass is 16.2. The van der Waals surface area contributed by atoms with Gasteiger partial charge in [-0.2, -0.15) is 0 Å². The van der Waals surface area contributed by atoms with Crippen molar-refractivity contribution in [2.24, 2.45) is 0 Å². The molecular formula is C21H22N2O2. The number of carbonyl (C=O) groups is 2. The third-order valence-corrected chi connectivity index (χ3v) is 5.21. The van der Waals surface area contributed by atoms with Crippen LogP contribution in [0.4, 0.5) is 11.4 Å². The number of rotatable bonds is 3. The molecule has 2 aliphatic rings. The van der Waals surface area contributed by atoms with E-state index in [1.807, 2.05) is 36.4 Å². The van der Waals surface area contributed by atoms with Crippen molar-refractivity contribution in [3.63, 3.8) is 0 Å². The number of fused-ring (bicyclic) bond motifs is 1. The quantitative estimate of drug-likeness (QED) is 0.926. The molecule has 1 aliphatic carbocycles. The molecule has 4 nitrogen and oxygen atoms in total. The van der Waals surface area contributed by atoms with Crippen LogP contribution >= 0.6 is 0 Å². The fourth-order valence-corrected chi connectivity index (χ4v) is 3.96. The van der Waals surface area contributed by atoms with Gasteiger partial charge in [-0.15, -0.1) is 0 Å². The van der Waals surface area contributed by atoms with Gasteiger partial charge in [0.15, 0.2) is 0 Å². The van der Waals surface area contributed by atoms with Crippen LogP contribution in [0.3, 0.4) is 0 Å². The summed E-state index contributed by atoms with van der Waals surface area (Å²) in [4.78, 5) is 26.8. The lowest BCUT2D eigenvalue weighted by atomic mass is 9.82. The number of nitrogens with one attached hydrogen (secondary N) is 1. The lowest BCUT2D eigenvalue weighted by Gasteiger charge is -2.26. The Morgan fingerprint density at radius 2 is 1.80 bits per heavy atom. The van der Waals surface area contributed by atoms with E-state index in [1.54, 1.807) is 4.90 Å². The Morgan fingerprint density at radius 1 is 1.00 bits per heavy atom. The number of amides is 2. The zero-order valence-corrected chi connectivity index (χ0v) is 14.2. The van der Waals surface area contributed by atoms with Crippen molar-refractivity contribution < 1.29 is 9.59 Å². The van der Waals surface area contributed by atoms with Gasteiger partial charge in [0.25, 0.3) is 0 Å². The Bertz CT molecular complexity index is 815. The molecule has 4 rings (SSSR count). The van der Waals surface area contributed by atoms with Crippen LogP contribution < -0.4 is 10.2 Å². The summed E-state index contributed by atoms with van der Waals surface area (Å²) in [7, 11) is 0. The number of benzene rings is 2. The van der Waals surface area contributed by atoms with Crippen molar-refractivity contribution in [3.8, 4) is 0 Å². The molecule has 1 saturated heterocycles. The first-order valence-corrected chi connectivity index (χ1v) is 9.02. The lowest BCUT2D eigenvalue weighted by Crippen LogP contribution is -2.28. The monoisotopic (exact) mass is 334 g/mol. The molecule has 1 atom stereocenters. The molecule has 0 radical (unpaired) electrons. The van der Waals surface area contributed by atoms with Gasteiger partial charge in [0, 0.05) is 13.0 Å². The van der Waals surface area contributed by atoms with Crippen molar-refractivity contribution in [2.45, 2.75) is 38.0 Å². The number of nitrogens with zero attached hydrogens (tertiary/aromatic N) is 1. The minimum atomic E-state index is -0.118. The van der Waals surface area contributed by atoms with Crippen LogP contribution in [0.2, 0.25) is 0 Å². The molecule has 25 heavy (non-hydrogen) atoms. The van der Waals surface area contributed by atoms with E-state index in [9.17, 15) is 9.59 Å². The number of hydrogen-bond acceptors (Lipinski definition) is 2. The number of carbonyl (C=O) groups excluding carboxylic acids is 2. The second-order valence-electron chi connectivity index (χ2n) is 6.80. The highest BCUT2D eigenvalue weighted by Gasteiger charge is 2.28. The first-order chi connectivity index (χ1) is 12.2. The predicted octanol–water partition coefficient (Wildman–Crippen LogP) is 3.87. The largest absolute Gasteiger partial charge is 0.324 e. The molecule has 0 bridgehead atoms. The van der Waals surface area contributed by atoms with Gasteiger partial charge in [-0.05, 0) is 48.9 Å². The zero-order valence-electron chi connectivity index (χ0n) is 14.2. The van der Waals surface area contributed by atoms with E-state index in [2.05, 4.69) is 17.4 Å². The second-order valence-corrected chi connectivity index (χ2v) is 6.80. The normalized spacial score (nSPS) is 19.6. The molecule has 1 aliphatic heterocycles. The SMILES string of the molecule is O=C(Nc1ccccc1N1CCCC1=O)C1CCCc2ccccc21. The number of anilines is 2. The molecule has 2 amide bonds.